The Kier molecular flexibility index (Phi) is 14.2. The molecule has 0 amide bonds. The van der Waals surface area contributed by atoms with Crippen LogP contribution in [-0.4, -0.2) is 134 Å². The van der Waals surface area contributed by atoms with Gasteiger partial charge in [0.05, 0.1) is 12.0 Å². The second kappa shape index (κ2) is 18.4. The van der Waals surface area contributed by atoms with Crippen LogP contribution in [0.15, 0.2) is 24.3 Å². The quantitative estimate of drug-likeness (QED) is 0.0865. The van der Waals surface area contributed by atoms with E-state index >= 15 is 0 Å². The molecule has 0 aromatic heterocycles. The van der Waals surface area contributed by atoms with E-state index in [1.54, 1.807) is 0 Å². The lowest BCUT2D eigenvalue weighted by Crippen LogP contribution is -2.66. The van der Waals surface area contributed by atoms with Crippen LogP contribution in [0.2, 0.25) is 0 Å². The average Bonchev–Trinajstić information content (AvgIpc) is 3.46. The zero-order valence-corrected chi connectivity index (χ0v) is 30.9. The molecule has 3 fully saturated rings. The number of rotatable bonds is 13. The van der Waals surface area contributed by atoms with Crippen molar-refractivity contribution in [3.8, 4) is 5.75 Å². The second-order valence-electron chi connectivity index (χ2n) is 12.3. The average molecular weight is 802 g/mol. The molecule has 23 nitrogen and oxygen atoms in total. The maximum atomic E-state index is 12.8. The molecule has 0 radical (unpaired) electrons. The van der Waals surface area contributed by atoms with Crippen LogP contribution in [-0.2, 0) is 85.6 Å². The van der Waals surface area contributed by atoms with Crippen LogP contribution in [0, 0.1) is 10.1 Å². The Balaban J connectivity index is 1.75. The van der Waals surface area contributed by atoms with Crippen molar-refractivity contribution < 1.29 is 100 Å². The van der Waals surface area contributed by atoms with Crippen molar-refractivity contribution in [2.75, 3.05) is 20.3 Å². The Morgan fingerprint density at radius 1 is 0.696 bits per heavy atom. The molecule has 0 spiro atoms. The van der Waals surface area contributed by atoms with Gasteiger partial charge in [-0.2, -0.15) is 0 Å². The largest absolute Gasteiger partial charge is 0.513 e. The summed E-state index contributed by atoms with van der Waals surface area (Å²) >= 11 is 0. The first-order valence-electron chi connectivity index (χ1n) is 16.6. The summed E-state index contributed by atoms with van der Waals surface area (Å²) in [5.41, 5.74) is -0.285. The molecule has 11 atom stereocenters. The highest BCUT2D eigenvalue weighted by Crippen LogP contribution is 2.41. The molecule has 3 saturated heterocycles. The molecule has 23 heteroatoms. The van der Waals surface area contributed by atoms with Crippen LogP contribution in [0.4, 0.5) is 10.5 Å². The second-order valence-corrected chi connectivity index (χ2v) is 12.3. The summed E-state index contributed by atoms with van der Waals surface area (Å²) in [5, 5.41) is 11.0. The number of methoxy groups -OCH3 is 1. The van der Waals surface area contributed by atoms with E-state index in [9.17, 15) is 43.7 Å². The number of esters is 6. The number of non-ortho nitro benzene ring substituents is 1. The van der Waals surface area contributed by atoms with E-state index in [4.69, 9.17) is 61.6 Å². The fourth-order valence-electron chi connectivity index (χ4n) is 5.88. The van der Waals surface area contributed by atoms with E-state index in [-0.39, 0.29) is 11.4 Å². The summed E-state index contributed by atoms with van der Waals surface area (Å²) < 4.78 is 72.1. The van der Waals surface area contributed by atoms with Gasteiger partial charge in [0.2, 0.25) is 0 Å². The summed E-state index contributed by atoms with van der Waals surface area (Å²) in [7, 11) is 1.05. The van der Waals surface area contributed by atoms with Gasteiger partial charge in [-0.3, -0.25) is 34.1 Å². The van der Waals surface area contributed by atoms with Gasteiger partial charge in [0.25, 0.3) is 11.5 Å². The van der Waals surface area contributed by atoms with E-state index in [0.29, 0.717) is 0 Å². The Hall–Kier alpha value is -5.49. The first-order valence-corrected chi connectivity index (χ1v) is 16.6. The SMILES string of the molecule is COC(=O)[C@]1(C)OC2C(OC(C)=O)[C@H](O[C@@H]3OC(COC(C)=O)[C@H](OC(C)=O)[C@H](OC(C)=O)C3OC(C)=O)[C@@H](COC(=O)Oc3ccc([N+](=O)[O-])cc3)O[C@@H]2O1. The molecule has 3 aliphatic heterocycles. The van der Waals surface area contributed by atoms with Gasteiger partial charge in [0.1, 0.15) is 37.3 Å². The highest BCUT2D eigenvalue weighted by atomic mass is 16.9. The number of hydrogen-bond donors (Lipinski definition) is 0. The minimum Gasteiger partial charge on any atom is -0.465 e. The fourth-order valence-corrected chi connectivity index (χ4v) is 5.88. The predicted octanol–water partition coefficient (Wildman–Crippen LogP) is 0.540. The summed E-state index contributed by atoms with van der Waals surface area (Å²) in [4.78, 5) is 97.2. The lowest BCUT2D eigenvalue weighted by molar-refractivity contribution is -0.384. The number of nitro benzene ring substituents is 1. The monoisotopic (exact) mass is 801 g/mol. The molecule has 4 rings (SSSR count). The molecule has 0 N–H and O–H groups in total. The molecular formula is C33H39NO22. The van der Waals surface area contributed by atoms with Crippen LogP contribution >= 0.6 is 0 Å². The van der Waals surface area contributed by atoms with Crippen molar-refractivity contribution in [3.05, 3.63) is 34.4 Å². The van der Waals surface area contributed by atoms with E-state index in [2.05, 4.69) is 0 Å². The van der Waals surface area contributed by atoms with E-state index < -0.39 is 127 Å². The number of carbonyl (C=O) groups is 7. The topological polar surface area (TPSA) is 283 Å². The van der Waals surface area contributed by atoms with Crippen LogP contribution in [0.3, 0.4) is 0 Å². The van der Waals surface area contributed by atoms with Crippen molar-refractivity contribution in [1.29, 1.82) is 0 Å². The van der Waals surface area contributed by atoms with Crippen LogP contribution in [0.5, 0.6) is 5.75 Å². The third-order valence-corrected chi connectivity index (χ3v) is 8.01. The van der Waals surface area contributed by atoms with Gasteiger partial charge >= 0.3 is 42.0 Å². The number of nitrogens with zero attached hydrogens (tertiary/aromatic N) is 1. The first-order chi connectivity index (χ1) is 26.3. The van der Waals surface area contributed by atoms with Crippen molar-refractivity contribution in [3.63, 3.8) is 0 Å². The van der Waals surface area contributed by atoms with Gasteiger partial charge in [0.15, 0.2) is 43.1 Å². The highest BCUT2D eigenvalue weighted by molar-refractivity contribution is 5.77. The summed E-state index contributed by atoms with van der Waals surface area (Å²) in [5.74, 6) is -7.79. The molecule has 4 unspecified atom stereocenters. The fraction of sp³-hybridized carbons (Fsp3) is 0.606. The van der Waals surface area contributed by atoms with E-state index in [1.807, 2.05) is 0 Å². The number of carbonyl (C=O) groups excluding carboxylic acids is 7. The molecular weight excluding hydrogens is 762 g/mol. The number of fused-ring (bicyclic) bond motifs is 1. The Bertz CT molecular complexity index is 1670. The zero-order valence-electron chi connectivity index (χ0n) is 30.9. The summed E-state index contributed by atoms with van der Waals surface area (Å²) in [6, 6.07) is 4.41. The van der Waals surface area contributed by atoms with Crippen LogP contribution in [0.25, 0.3) is 0 Å². The highest BCUT2D eigenvalue weighted by Gasteiger charge is 2.62. The minimum atomic E-state index is -2.13. The number of nitro groups is 1. The molecule has 0 saturated carbocycles. The normalized spacial score (nSPS) is 30.7. The first kappa shape index (κ1) is 43.2. The molecule has 1 aromatic rings. The zero-order chi connectivity index (χ0) is 41.5. The number of hydrogen-bond acceptors (Lipinski definition) is 22. The Morgan fingerprint density at radius 3 is 1.79 bits per heavy atom. The van der Waals surface area contributed by atoms with Crippen LogP contribution < -0.4 is 4.74 Å². The van der Waals surface area contributed by atoms with Gasteiger partial charge in [-0.1, -0.05) is 0 Å². The smallest absolute Gasteiger partial charge is 0.465 e. The summed E-state index contributed by atoms with van der Waals surface area (Å²) in [6.45, 7) is 4.91. The lowest BCUT2D eigenvalue weighted by atomic mass is 9.96. The van der Waals surface area contributed by atoms with Gasteiger partial charge in [-0.05, 0) is 12.1 Å². The maximum absolute atomic E-state index is 12.8. The van der Waals surface area contributed by atoms with E-state index in [1.165, 1.54) is 6.92 Å². The molecule has 3 aliphatic rings. The molecule has 3 heterocycles. The van der Waals surface area contributed by atoms with Crippen molar-refractivity contribution in [2.45, 2.75) is 109 Å². The van der Waals surface area contributed by atoms with Crippen LogP contribution in [0.1, 0.15) is 41.5 Å². The molecule has 0 bridgehead atoms. The Morgan fingerprint density at radius 2 is 1.23 bits per heavy atom. The van der Waals surface area contributed by atoms with Gasteiger partial charge in [-0.15, -0.1) is 0 Å². The third-order valence-electron chi connectivity index (χ3n) is 8.01. The van der Waals surface area contributed by atoms with Crippen molar-refractivity contribution >= 4 is 47.7 Å². The van der Waals surface area contributed by atoms with E-state index in [0.717, 1.165) is 66.0 Å². The molecule has 56 heavy (non-hydrogen) atoms. The van der Waals surface area contributed by atoms with Gasteiger partial charge < -0.3 is 61.6 Å². The molecule has 1 aromatic carbocycles. The third kappa shape index (κ3) is 10.8. The standard InChI is InChI=1S/C33H39NO22/c1-14(35)45-12-21-23(47-15(2)36)25(48-16(3)37)27(50-18(5)39)29(52-21)54-24-22(13-46-32(41)51-20-10-8-19(9-11-20)34(42)43)53-30-28(26(24)49-17(4)38)55-33(6,56-30)31(40)44-7/h8-11,21-30H,12-13H2,1-7H3/t21?,22-,23+,24-,25+,26?,27?,28?,29+,30-,33-/m1/s1. The molecule has 0 aliphatic carbocycles. The Labute approximate surface area is 317 Å². The minimum absolute atomic E-state index is 0.144. The molecule has 308 valence electrons. The number of ether oxygens (including phenoxy) is 13. The van der Waals surface area contributed by atoms with Crippen molar-refractivity contribution in [2.24, 2.45) is 0 Å². The van der Waals surface area contributed by atoms with Crippen molar-refractivity contribution in [1.82, 2.24) is 0 Å². The predicted molar refractivity (Wildman–Crippen MR) is 172 cm³/mol. The van der Waals surface area contributed by atoms with Gasteiger partial charge in [-0.25, -0.2) is 9.59 Å². The lowest BCUT2D eigenvalue weighted by Gasteiger charge is -2.47. The maximum Gasteiger partial charge on any atom is 0.513 e. The van der Waals surface area contributed by atoms with Gasteiger partial charge in [0, 0.05) is 53.7 Å². The summed E-state index contributed by atoms with van der Waals surface area (Å²) in [6.07, 6.45) is -17.5. The number of benzene rings is 1.